The minimum atomic E-state index is -0.811. The summed E-state index contributed by atoms with van der Waals surface area (Å²) in [5.74, 6) is -0.421. The van der Waals surface area contributed by atoms with E-state index in [-0.39, 0.29) is 5.41 Å². The van der Waals surface area contributed by atoms with Gasteiger partial charge in [-0.3, -0.25) is 0 Å². The predicted octanol–water partition coefficient (Wildman–Crippen LogP) is 2.23. The summed E-state index contributed by atoms with van der Waals surface area (Å²) in [4.78, 5) is 0. The average Bonchev–Trinajstić information content (AvgIpc) is 2.34. The quantitative estimate of drug-likeness (QED) is 0.605. The minimum Gasteiger partial charge on any atom is -0.490 e. The van der Waals surface area contributed by atoms with Crippen molar-refractivity contribution < 1.29 is 19.3 Å². The maximum absolute atomic E-state index is 10.1. The van der Waals surface area contributed by atoms with Gasteiger partial charge in [0.15, 0.2) is 11.5 Å². The molecule has 0 radical (unpaired) electrons. The maximum atomic E-state index is 10.1. The highest BCUT2D eigenvalue weighted by atomic mass is 16.7. The summed E-state index contributed by atoms with van der Waals surface area (Å²) in [5.41, 5.74) is 2.60. The van der Waals surface area contributed by atoms with Crippen LogP contribution in [0.15, 0.2) is 18.1 Å². The molecular weight excluding hydrogens is 232 g/mol. The van der Waals surface area contributed by atoms with Crippen LogP contribution in [0.25, 0.3) is 0 Å². The lowest BCUT2D eigenvalue weighted by atomic mass is 9.93. The average molecular weight is 256 g/mol. The number of ether oxygens (including phenoxy) is 3. The van der Waals surface area contributed by atoms with Crippen LogP contribution in [0.2, 0.25) is 0 Å². The molecule has 0 aromatic carbocycles. The Morgan fingerprint density at radius 3 is 2.39 bits per heavy atom. The molecule has 0 aliphatic carbocycles. The zero-order valence-corrected chi connectivity index (χ0v) is 11.8. The van der Waals surface area contributed by atoms with Crippen molar-refractivity contribution in [1.29, 1.82) is 0 Å². The van der Waals surface area contributed by atoms with Gasteiger partial charge in [0.25, 0.3) is 0 Å². The van der Waals surface area contributed by atoms with E-state index in [1.165, 1.54) is 7.11 Å². The molecule has 0 saturated carbocycles. The number of hydrogen-bond acceptors (Lipinski definition) is 4. The van der Waals surface area contributed by atoms with Crippen LogP contribution in [0.4, 0.5) is 0 Å². The summed E-state index contributed by atoms with van der Waals surface area (Å²) in [6, 6.07) is 0. The Labute approximate surface area is 109 Å². The molecule has 1 N–H and O–H groups in total. The third kappa shape index (κ3) is 3.59. The van der Waals surface area contributed by atoms with Crippen LogP contribution in [0.3, 0.4) is 0 Å². The van der Waals surface area contributed by atoms with Crippen LogP contribution in [0.1, 0.15) is 33.6 Å². The van der Waals surface area contributed by atoms with Crippen molar-refractivity contribution in [3.05, 3.63) is 18.1 Å². The SMILES string of the molecule is C=C=C(OC)C(O)CC1(CC)OCC(C)(C)CO1. The van der Waals surface area contributed by atoms with Crippen molar-refractivity contribution in [1.82, 2.24) is 0 Å². The number of hydrogen-bond donors (Lipinski definition) is 1. The fraction of sp³-hybridized carbons (Fsp3) is 0.786. The Balaban J connectivity index is 2.70. The second-order valence-corrected chi connectivity index (χ2v) is 5.47. The smallest absolute Gasteiger partial charge is 0.171 e. The molecule has 0 bridgehead atoms. The van der Waals surface area contributed by atoms with Gasteiger partial charge in [0.05, 0.1) is 20.3 Å². The minimum absolute atomic E-state index is 0.0159. The van der Waals surface area contributed by atoms with E-state index in [1.807, 2.05) is 6.92 Å². The molecule has 1 unspecified atom stereocenters. The number of rotatable bonds is 5. The van der Waals surface area contributed by atoms with E-state index in [2.05, 4.69) is 26.2 Å². The molecule has 1 aliphatic rings. The lowest BCUT2D eigenvalue weighted by molar-refractivity contribution is -0.308. The summed E-state index contributed by atoms with van der Waals surface area (Å²) in [6.45, 7) is 10.9. The summed E-state index contributed by atoms with van der Waals surface area (Å²) < 4.78 is 16.7. The molecule has 0 aromatic rings. The molecule has 18 heavy (non-hydrogen) atoms. The zero-order chi connectivity index (χ0) is 13.8. The van der Waals surface area contributed by atoms with Gasteiger partial charge in [0.1, 0.15) is 6.10 Å². The summed E-state index contributed by atoms with van der Waals surface area (Å²) in [5, 5.41) is 10.1. The number of methoxy groups -OCH3 is 1. The van der Waals surface area contributed by atoms with Crippen LogP contribution < -0.4 is 0 Å². The fourth-order valence-electron chi connectivity index (χ4n) is 1.92. The highest BCUT2D eigenvalue weighted by Gasteiger charge is 2.41. The molecule has 4 nitrogen and oxygen atoms in total. The lowest BCUT2D eigenvalue weighted by Crippen LogP contribution is -2.49. The molecule has 1 atom stereocenters. The molecule has 104 valence electrons. The number of aliphatic hydroxyl groups is 1. The molecule has 0 aromatic heterocycles. The van der Waals surface area contributed by atoms with E-state index in [1.54, 1.807) is 0 Å². The summed E-state index contributed by atoms with van der Waals surface area (Å²) >= 11 is 0. The van der Waals surface area contributed by atoms with Crippen LogP contribution in [0, 0.1) is 5.41 Å². The number of aliphatic hydroxyl groups excluding tert-OH is 1. The van der Waals surface area contributed by atoms with E-state index in [0.717, 1.165) is 0 Å². The second kappa shape index (κ2) is 5.89. The van der Waals surface area contributed by atoms with Crippen molar-refractivity contribution in [3.63, 3.8) is 0 Å². The Kier molecular flexibility index (Phi) is 5.00. The van der Waals surface area contributed by atoms with Gasteiger partial charge < -0.3 is 19.3 Å². The molecule has 1 aliphatic heterocycles. The zero-order valence-electron chi connectivity index (χ0n) is 11.8. The normalized spacial score (nSPS) is 22.9. The Morgan fingerprint density at radius 2 is 2.00 bits per heavy atom. The van der Waals surface area contributed by atoms with Gasteiger partial charge in [0.2, 0.25) is 0 Å². The van der Waals surface area contributed by atoms with E-state index < -0.39 is 11.9 Å². The van der Waals surface area contributed by atoms with Crippen LogP contribution in [-0.2, 0) is 14.2 Å². The van der Waals surface area contributed by atoms with Crippen molar-refractivity contribution in [2.45, 2.75) is 45.5 Å². The van der Waals surface area contributed by atoms with Crippen LogP contribution in [-0.4, -0.2) is 37.3 Å². The van der Waals surface area contributed by atoms with Crippen LogP contribution in [0.5, 0.6) is 0 Å². The van der Waals surface area contributed by atoms with E-state index >= 15 is 0 Å². The third-order valence-corrected chi connectivity index (χ3v) is 3.19. The molecule has 4 heteroatoms. The Bertz CT molecular complexity index is 319. The Morgan fingerprint density at radius 1 is 1.44 bits per heavy atom. The maximum Gasteiger partial charge on any atom is 0.171 e. The first-order valence-electron chi connectivity index (χ1n) is 6.28. The first-order valence-corrected chi connectivity index (χ1v) is 6.28. The second-order valence-electron chi connectivity index (χ2n) is 5.47. The van der Waals surface area contributed by atoms with Crippen molar-refractivity contribution in [3.8, 4) is 0 Å². The molecule has 1 saturated heterocycles. The predicted molar refractivity (Wildman–Crippen MR) is 69.0 cm³/mol. The monoisotopic (exact) mass is 256 g/mol. The molecule has 0 amide bonds. The highest BCUT2D eigenvalue weighted by molar-refractivity contribution is 4.99. The Hall–Kier alpha value is -0.800. The molecule has 1 fully saturated rings. The van der Waals surface area contributed by atoms with E-state index in [0.29, 0.717) is 31.8 Å². The molecule has 0 spiro atoms. The molecule has 1 heterocycles. The van der Waals surface area contributed by atoms with Crippen LogP contribution >= 0.6 is 0 Å². The standard InChI is InChI=1S/C14H24O4/c1-6-12(16-5)11(15)8-14(7-2)17-9-13(3,4)10-18-14/h11,15H,1,7-10H2,2-5H3. The van der Waals surface area contributed by atoms with Gasteiger partial charge in [-0.1, -0.05) is 33.1 Å². The highest BCUT2D eigenvalue weighted by Crippen LogP contribution is 2.35. The van der Waals surface area contributed by atoms with Gasteiger partial charge in [-0.25, -0.2) is 0 Å². The first kappa shape index (κ1) is 15.3. The first-order chi connectivity index (χ1) is 8.38. The largest absolute Gasteiger partial charge is 0.490 e. The summed E-state index contributed by atoms with van der Waals surface area (Å²) in [6.07, 6.45) is 0.188. The lowest BCUT2D eigenvalue weighted by Gasteiger charge is -2.43. The van der Waals surface area contributed by atoms with Crippen molar-refractivity contribution in [2.24, 2.45) is 5.41 Å². The van der Waals surface area contributed by atoms with Gasteiger partial charge in [-0.05, 0) is 6.42 Å². The fourth-order valence-corrected chi connectivity index (χ4v) is 1.92. The van der Waals surface area contributed by atoms with Crippen molar-refractivity contribution in [2.75, 3.05) is 20.3 Å². The van der Waals surface area contributed by atoms with E-state index in [4.69, 9.17) is 14.2 Å². The topological polar surface area (TPSA) is 47.9 Å². The van der Waals surface area contributed by atoms with Gasteiger partial charge in [-0.15, -0.1) is 0 Å². The van der Waals surface area contributed by atoms with Gasteiger partial charge in [-0.2, -0.15) is 0 Å². The molecular formula is C14H24O4. The molecule has 1 rings (SSSR count). The van der Waals surface area contributed by atoms with Gasteiger partial charge >= 0.3 is 0 Å². The summed E-state index contributed by atoms with van der Waals surface area (Å²) in [7, 11) is 1.49. The van der Waals surface area contributed by atoms with Gasteiger partial charge in [0, 0.05) is 11.8 Å². The van der Waals surface area contributed by atoms with E-state index in [9.17, 15) is 5.11 Å². The third-order valence-electron chi connectivity index (χ3n) is 3.19. The van der Waals surface area contributed by atoms with Crippen molar-refractivity contribution >= 4 is 0 Å².